The van der Waals surface area contributed by atoms with Crippen LogP contribution in [-0.4, -0.2) is 31.9 Å². The number of hydrogen-bond donors (Lipinski definition) is 1. The molecular formula is C12H16O5. The molecule has 1 aromatic carbocycles. The maximum Gasteiger partial charge on any atom is 0.329 e. The third-order valence-electron chi connectivity index (χ3n) is 2.33. The largest absolute Gasteiger partial charge is 0.493 e. The number of ether oxygens (including phenoxy) is 3. The lowest BCUT2D eigenvalue weighted by Crippen LogP contribution is -2.10. The monoisotopic (exact) mass is 240 g/mol. The molecule has 1 atom stereocenters. The van der Waals surface area contributed by atoms with E-state index in [1.54, 1.807) is 33.3 Å². The summed E-state index contributed by atoms with van der Waals surface area (Å²) in [5.41, 5.74) is 0.837. The highest BCUT2D eigenvalue weighted by molar-refractivity contribution is 5.68. The van der Waals surface area contributed by atoms with Crippen LogP contribution in [0.3, 0.4) is 0 Å². The summed E-state index contributed by atoms with van der Waals surface area (Å²) in [6.45, 7) is 1.46. The van der Waals surface area contributed by atoms with Crippen molar-refractivity contribution >= 4 is 5.97 Å². The first-order valence-electron chi connectivity index (χ1n) is 5.13. The molecular weight excluding hydrogens is 224 g/mol. The molecule has 1 rings (SSSR count). The Bertz CT molecular complexity index is 388. The maximum atomic E-state index is 10.4. The van der Waals surface area contributed by atoms with Crippen LogP contribution in [0.5, 0.6) is 11.5 Å². The van der Waals surface area contributed by atoms with E-state index in [0.717, 1.165) is 5.56 Å². The number of carboxylic acids is 1. The summed E-state index contributed by atoms with van der Waals surface area (Å²) in [7, 11) is 3.10. The first-order chi connectivity index (χ1) is 8.08. The Morgan fingerprint density at radius 2 is 1.94 bits per heavy atom. The lowest BCUT2D eigenvalue weighted by atomic mass is 10.1. The quantitative estimate of drug-likeness (QED) is 0.822. The van der Waals surface area contributed by atoms with Gasteiger partial charge < -0.3 is 19.3 Å². The van der Waals surface area contributed by atoms with Crippen molar-refractivity contribution in [2.75, 3.05) is 20.8 Å². The molecule has 0 aliphatic heterocycles. The normalized spacial score (nSPS) is 11.9. The number of aliphatic carboxylic acids is 1. The summed E-state index contributed by atoms with van der Waals surface area (Å²) >= 11 is 0. The molecule has 0 saturated carbocycles. The topological polar surface area (TPSA) is 65.0 Å². The van der Waals surface area contributed by atoms with Crippen molar-refractivity contribution in [1.82, 2.24) is 0 Å². The van der Waals surface area contributed by atoms with Crippen LogP contribution in [0.15, 0.2) is 18.2 Å². The van der Waals surface area contributed by atoms with Crippen LogP contribution in [0, 0.1) is 0 Å². The Kier molecular flexibility index (Phi) is 4.78. The zero-order valence-electron chi connectivity index (χ0n) is 10.1. The third-order valence-corrected chi connectivity index (χ3v) is 2.33. The molecule has 0 aliphatic rings. The summed E-state index contributed by atoms with van der Waals surface area (Å²) in [4.78, 5) is 10.4. The van der Waals surface area contributed by atoms with Crippen molar-refractivity contribution in [3.05, 3.63) is 23.8 Å². The fourth-order valence-corrected chi connectivity index (χ4v) is 1.40. The average Bonchev–Trinajstić information content (AvgIpc) is 2.34. The van der Waals surface area contributed by atoms with Gasteiger partial charge in [0, 0.05) is 0 Å². The third kappa shape index (κ3) is 3.64. The minimum Gasteiger partial charge on any atom is -0.493 e. The van der Waals surface area contributed by atoms with E-state index in [2.05, 4.69) is 0 Å². The zero-order chi connectivity index (χ0) is 12.8. The smallest absolute Gasteiger partial charge is 0.329 e. The van der Waals surface area contributed by atoms with Gasteiger partial charge in [-0.25, -0.2) is 4.79 Å². The summed E-state index contributed by atoms with van der Waals surface area (Å²) < 4.78 is 15.4. The van der Waals surface area contributed by atoms with E-state index in [-0.39, 0.29) is 12.7 Å². The van der Waals surface area contributed by atoms with Crippen molar-refractivity contribution in [3.63, 3.8) is 0 Å². The number of hydrogen-bond acceptors (Lipinski definition) is 4. The van der Waals surface area contributed by atoms with Crippen molar-refractivity contribution in [2.24, 2.45) is 0 Å². The van der Waals surface area contributed by atoms with Crippen LogP contribution in [-0.2, 0) is 9.53 Å². The molecule has 0 saturated heterocycles. The van der Waals surface area contributed by atoms with Gasteiger partial charge in [0.05, 0.1) is 20.3 Å². The SMILES string of the molecule is COc1ccc(C(C)OCC(=O)O)cc1OC. The molecule has 0 bridgehead atoms. The predicted molar refractivity (Wildman–Crippen MR) is 61.5 cm³/mol. The molecule has 1 N–H and O–H groups in total. The van der Waals surface area contributed by atoms with Gasteiger partial charge in [-0.3, -0.25) is 0 Å². The molecule has 1 aromatic rings. The van der Waals surface area contributed by atoms with Crippen molar-refractivity contribution < 1.29 is 24.1 Å². The fraction of sp³-hybridized carbons (Fsp3) is 0.417. The van der Waals surface area contributed by atoms with Gasteiger partial charge in [0.1, 0.15) is 6.61 Å². The molecule has 0 fully saturated rings. The maximum absolute atomic E-state index is 10.4. The fourth-order valence-electron chi connectivity index (χ4n) is 1.40. The number of rotatable bonds is 6. The van der Waals surface area contributed by atoms with Gasteiger partial charge in [0.25, 0.3) is 0 Å². The highest BCUT2D eigenvalue weighted by Gasteiger charge is 2.11. The van der Waals surface area contributed by atoms with E-state index in [1.165, 1.54) is 0 Å². The molecule has 0 aromatic heterocycles. The molecule has 0 aliphatic carbocycles. The summed E-state index contributed by atoms with van der Waals surface area (Å²) in [6, 6.07) is 5.34. The summed E-state index contributed by atoms with van der Waals surface area (Å²) in [6.07, 6.45) is -0.314. The Morgan fingerprint density at radius 1 is 1.29 bits per heavy atom. The molecule has 17 heavy (non-hydrogen) atoms. The average molecular weight is 240 g/mol. The van der Waals surface area contributed by atoms with Crippen LogP contribution in [0.4, 0.5) is 0 Å². The number of benzene rings is 1. The van der Waals surface area contributed by atoms with Gasteiger partial charge >= 0.3 is 5.97 Å². The number of carbonyl (C=O) groups is 1. The molecule has 94 valence electrons. The molecule has 0 radical (unpaired) electrons. The minimum absolute atomic E-state index is 0.314. The summed E-state index contributed by atoms with van der Waals surface area (Å²) in [5, 5.41) is 8.52. The van der Waals surface area contributed by atoms with Crippen LogP contribution in [0.25, 0.3) is 0 Å². The molecule has 0 amide bonds. The van der Waals surface area contributed by atoms with Crippen molar-refractivity contribution in [3.8, 4) is 11.5 Å². The van der Waals surface area contributed by atoms with Gasteiger partial charge in [-0.15, -0.1) is 0 Å². The van der Waals surface area contributed by atoms with Crippen LogP contribution in [0.1, 0.15) is 18.6 Å². The second-order valence-electron chi connectivity index (χ2n) is 3.46. The Balaban J connectivity index is 2.80. The highest BCUT2D eigenvalue weighted by atomic mass is 16.5. The van der Waals surface area contributed by atoms with Gasteiger partial charge in [0.2, 0.25) is 0 Å². The number of carboxylic acid groups (broad SMARTS) is 1. The van der Waals surface area contributed by atoms with E-state index in [9.17, 15) is 4.79 Å². The molecule has 5 nitrogen and oxygen atoms in total. The Labute approximate surface area is 99.9 Å². The van der Waals surface area contributed by atoms with E-state index in [1.807, 2.05) is 6.07 Å². The highest BCUT2D eigenvalue weighted by Crippen LogP contribution is 2.30. The molecule has 0 spiro atoms. The molecule has 5 heteroatoms. The first-order valence-corrected chi connectivity index (χ1v) is 5.13. The van der Waals surface area contributed by atoms with Gasteiger partial charge in [-0.05, 0) is 24.6 Å². The van der Waals surface area contributed by atoms with Gasteiger partial charge in [-0.1, -0.05) is 6.07 Å². The van der Waals surface area contributed by atoms with E-state index < -0.39 is 5.97 Å². The second kappa shape index (κ2) is 6.10. The van der Waals surface area contributed by atoms with Crippen LogP contribution < -0.4 is 9.47 Å². The van der Waals surface area contributed by atoms with E-state index >= 15 is 0 Å². The van der Waals surface area contributed by atoms with E-state index in [0.29, 0.717) is 11.5 Å². The second-order valence-corrected chi connectivity index (χ2v) is 3.46. The van der Waals surface area contributed by atoms with Crippen molar-refractivity contribution in [1.29, 1.82) is 0 Å². The molecule has 0 heterocycles. The Morgan fingerprint density at radius 3 is 2.47 bits per heavy atom. The molecule has 1 unspecified atom stereocenters. The van der Waals surface area contributed by atoms with Gasteiger partial charge in [0.15, 0.2) is 11.5 Å². The Hall–Kier alpha value is -1.75. The minimum atomic E-state index is -0.989. The van der Waals surface area contributed by atoms with Crippen molar-refractivity contribution in [2.45, 2.75) is 13.0 Å². The van der Waals surface area contributed by atoms with Crippen LogP contribution >= 0.6 is 0 Å². The summed E-state index contributed by atoms with van der Waals surface area (Å²) in [5.74, 6) is 0.231. The van der Waals surface area contributed by atoms with Crippen LogP contribution in [0.2, 0.25) is 0 Å². The first kappa shape index (κ1) is 13.3. The predicted octanol–water partition coefficient (Wildman–Crippen LogP) is 1.87. The zero-order valence-corrected chi connectivity index (χ0v) is 10.1. The number of methoxy groups -OCH3 is 2. The lowest BCUT2D eigenvalue weighted by Gasteiger charge is -2.14. The van der Waals surface area contributed by atoms with E-state index in [4.69, 9.17) is 19.3 Å². The lowest BCUT2D eigenvalue weighted by molar-refractivity contribution is -0.144. The van der Waals surface area contributed by atoms with Gasteiger partial charge in [-0.2, -0.15) is 0 Å². The standard InChI is InChI=1S/C12H16O5/c1-8(17-7-12(13)14)9-4-5-10(15-2)11(6-9)16-3/h4-6,8H,7H2,1-3H3,(H,13,14).